The Bertz CT molecular complexity index is 994. The Kier molecular flexibility index (Phi) is 4.16. The van der Waals surface area contributed by atoms with Crippen LogP contribution >= 0.6 is 0 Å². The molecule has 1 aliphatic carbocycles. The average molecular weight is 396 g/mol. The van der Waals surface area contributed by atoms with E-state index in [0.717, 1.165) is 48.5 Å². The van der Waals surface area contributed by atoms with E-state index < -0.39 is 11.9 Å². The molecule has 1 N–H and O–H groups in total. The van der Waals surface area contributed by atoms with Crippen LogP contribution in [0, 0.1) is 6.92 Å². The van der Waals surface area contributed by atoms with Crippen molar-refractivity contribution >= 4 is 17.6 Å². The lowest BCUT2D eigenvalue weighted by atomic mass is 9.97. The molecule has 3 aliphatic rings. The molecule has 152 valence electrons. The number of rotatable bonds is 2. The van der Waals surface area contributed by atoms with Crippen LogP contribution in [0.4, 0.5) is 5.82 Å². The van der Waals surface area contributed by atoms with Crippen LogP contribution in [0.3, 0.4) is 0 Å². The first-order valence-corrected chi connectivity index (χ1v) is 10.1. The van der Waals surface area contributed by atoms with Gasteiger partial charge in [0.2, 0.25) is 5.82 Å². The molecular weight excluding hydrogens is 372 g/mol. The number of nitrogens with zero attached hydrogens (tertiary/aromatic N) is 5. The van der Waals surface area contributed by atoms with E-state index in [4.69, 9.17) is 4.74 Å². The van der Waals surface area contributed by atoms with Crippen LogP contribution in [0.1, 0.15) is 59.7 Å². The third-order valence-corrected chi connectivity index (χ3v) is 6.20. The van der Waals surface area contributed by atoms with Crippen LogP contribution in [0.25, 0.3) is 0 Å². The normalized spacial score (nSPS) is 22.5. The predicted octanol–water partition coefficient (Wildman–Crippen LogP) is 1.45. The lowest BCUT2D eigenvalue weighted by molar-refractivity contribution is -0.120. The number of hydrogen-bond donors (Lipinski definition) is 1. The highest BCUT2D eigenvalue weighted by Crippen LogP contribution is 2.46. The van der Waals surface area contributed by atoms with Crippen molar-refractivity contribution in [1.29, 1.82) is 0 Å². The zero-order valence-electron chi connectivity index (χ0n) is 16.6. The highest BCUT2D eigenvalue weighted by molar-refractivity contribution is 6.00. The van der Waals surface area contributed by atoms with Gasteiger partial charge in [0.1, 0.15) is 17.5 Å². The Balaban J connectivity index is 1.36. The minimum Gasteiger partial charge on any atom is -0.364 e. The van der Waals surface area contributed by atoms with E-state index in [2.05, 4.69) is 20.4 Å². The SMILES string of the molecule is Cc1cc2n(n1)CC[C@H](NC(=O)c1ncc3c(n1)C1(CCCC1)OC3)C(=O)N2C. The maximum Gasteiger partial charge on any atom is 0.289 e. The maximum absolute atomic E-state index is 12.9. The summed E-state index contributed by atoms with van der Waals surface area (Å²) in [4.78, 5) is 36.1. The van der Waals surface area contributed by atoms with Gasteiger partial charge < -0.3 is 10.1 Å². The van der Waals surface area contributed by atoms with Crippen molar-refractivity contribution in [2.75, 3.05) is 11.9 Å². The summed E-state index contributed by atoms with van der Waals surface area (Å²) in [5, 5.41) is 7.25. The minimum atomic E-state index is -0.650. The predicted molar refractivity (Wildman–Crippen MR) is 103 cm³/mol. The zero-order valence-corrected chi connectivity index (χ0v) is 16.6. The summed E-state index contributed by atoms with van der Waals surface area (Å²) in [5.41, 5.74) is 2.29. The molecule has 0 radical (unpaired) electrons. The number of aryl methyl sites for hydroxylation is 2. The Morgan fingerprint density at radius 1 is 1.34 bits per heavy atom. The monoisotopic (exact) mass is 396 g/mol. The number of anilines is 1. The van der Waals surface area contributed by atoms with Crippen LogP contribution in [-0.2, 0) is 28.3 Å². The molecule has 5 rings (SSSR count). The molecule has 0 saturated heterocycles. The molecular formula is C20H24N6O3. The lowest BCUT2D eigenvalue weighted by Crippen LogP contribution is -2.47. The molecule has 0 aromatic carbocycles. The van der Waals surface area contributed by atoms with Crippen molar-refractivity contribution in [3.05, 3.63) is 35.0 Å². The topological polar surface area (TPSA) is 102 Å². The highest BCUT2D eigenvalue weighted by atomic mass is 16.5. The fraction of sp³-hybridized carbons (Fsp3) is 0.550. The van der Waals surface area contributed by atoms with Crippen molar-refractivity contribution in [3.63, 3.8) is 0 Å². The molecule has 1 spiro atoms. The van der Waals surface area contributed by atoms with Crippen molar-refractivity contribution in [2.45, 2.75) is 63.8 Å². The van der Waals surface area contributed by atoms with Crippen molar-refractivity contribution < 1.29 is 14.3 Å². The summed E-state index contributed by atoms with van der Waals surface area (Å²) < 4.78 is 7.83. The summed E-state index contributed by atoms with van der Waals surface area (Å²) in [6.07, 6.45) is 6.19. The molecule has 29 heavy (non-hydrogen) atoms. The van der Waals surface area contributed by atoms with Crippen LogP contribution < -0.4 is 10.2 Å². The first-order valence-electron chi connectivity index (χ1n) is 10.1. The fourth-order valence-corrected chi connectivity index (χ4v) is 4.67. The number of likely N-dealkylation sites (N-methyl/N-ethyl adjacent to an activating group) is 1. The van der Waals surface area contributed by atoms with Crippen molar-refractivity contribution in [2.24, 2.45) is 0 Å². The molecule has 1 saturated carbocycles. The van der Waals surface area contributed by atoms with Gasteiger partial charge in [-0.05, 0) is 26.2 Å². The van der Waals surface area contributed by atoms with Crippen molar-refractivity contribution in [3.8, 4) is 0 Å². The maximum atomic E-state index is 12.9. The summed E-state index contributed by atoms with van der Waals surface area (Å²) in [5.74, 6) is 0.219. The van der Waals surface area contributed by atoms with E-state index >= 15 is 0 Å². The van der Waals surface area contributed by atoms with Gasteiger partial charge in [-0.25, -0.2) is 14.6 Å². The number of nitrogens with one attached hydrogen (secondary N) is 1. The quantitative estimate of drug-likeness (QED) is 0.824. The Hall–Kier alpha value is -2.81. The van der Waals surface area contributed by atoms with E-state index in [0.29, 0.717) is 19.6 Å². The third-order valence-electron chi connectivity index (χ3n) is 6.20. The van der Waals surface area contributed by atoms with Gasteiger partial charge in [-0.2, -0.15) is 5.10 Å². The first kappa shape index (κ1) is 18.2. The number of hydrogen-bond acceptors (Lipinski definition) is 6. The standard InChI is InChI=1S/C20H24N6O3/c1-12-9-15-25(2)19(28)14(5-8-26(15)24-12)22-18(27)17-21-10-13-11-29-20(16(13)23-17)6-3-4-7-20/h9-10,14H,3-8,11H2,1-2H3,(H,22,27)/t14-/m0/s1. The number of fused-ring (bicyclic) bond motifs is 3. The number of aromatic nitrogens is 4. The Morgan fingerprint density at radius 2 is 2.14 bits per heavy atom. The van der Waals surface area contributed by atoms with E-state index in [1.807, 2.05) is 13.0 Å². The van der Waals surface area contributed by atoms with E-state index in [9.17, 15) is 9.59 Å². The summed E-state index contributed by atoms with van der Waals surface area (Å²) in [6.45, 7) is 2.94. The molecule has 0 unspecified atom stereocenters. The molecule has 1 fully saturated rings. The fourth-order valence-electron chi connectivity index (χ4n) is 4.67. The second kappa shape index (κ2) is 6.62. The number of carbonyl (C=O) groups excluding carboxylic acids is 2. The van der Waals surface area contributed by atoms with Crippen LogP contribution in [0.15, 0.2) is 12.3 Å². The number of ether oxygens (including phenoxy) is 1. The molecule has 2 aromatic heterocycles. The molecule has 2 aromatic rings. The van der Waals surface area contributed by atoms with Crippen molar-refractivity contribution in [1.82, 2.24) is 25.1 Å². The van der Waals surface area contributed by atoms with Gasteiger partial charge in [-0.15, -0.1) is 0 Å². The molecule has 9 nitrogen and oxygen atoms in total. The smallest absolute Gasteiger partial charge is 0.289 e. The lowest BCUT2D eigenvalue weighted by Gasteiger charge is -2.23. The Labute approximate surface area is 168 Å². The molecule has 9 heteroatoms. The zero-order chi connectivity index (χ0) is 20.2. The first-order chi connectivity index (χ1) is 14.0. The van der Waals surface area contributed by atoms with Crippen LogP contribution in [0.5, 0.6) is 0 Å². The highest BCUT2D eigenvalue weighted by Gasteiger charge is 2.44. The van der Waals surface area contributed by atoms with E-state index in [-0.39, 0.29) is 17.3 Å². The summed E-state index contributed by atoms with van der Waals surface area (Å²) in [7, 11) is 1.70. The Morgan fingerprint density at radius 3 is 2.93 bits per heavy atom. The van der Waals surface area contributed by atoms with Gasteiger partial charge in [0.15, 0.2) is 0 Å². The van der Waals surface area contributed by atoms with Gasteiger partial charge in [0, 0.05) is 31.4 Å². The molecule has 0 bridgehead atoms. The average Bonchev–Trinajstić information content (AvgIpc) is 3.42. The molecule has 1 atom stereocenters. The third kappa shape index (κ3) is 2.91. The molecule has 2 aliphatic heterocycles. The largest absolute Gasteiger partial charge is 0.364 e. The van der Waals surface area contributed by atoms with E-state index in [1.54, 1.807) is 22.8 Å². The van der Waals surface area contributed by atoms with Gasteiger partial charge in [0.05, 0.1) is 18.0 Å². The van der Waals surface area contributed by atoms with E-state index in [1.165, 1.54) is 0 Å². The van der Waals surface area contributed by atoms with Gasteiger partial charge in [-0.1, -0.05) is 12.8 Å². The van der Waals surface area contributed by atoms with Crippen LogP contribution in [0.2, 0.25) is 0 Å². The van der Waals surface area contributed by atoms with Gasteiger partial charge >= 0.3 is 0 Å². The minimum absolute atomic E-state index is 0.0915. The number of carbonyl (C=O) groups is 2. The summed E-state index contributed by atoms with van der Waals surface area (Å²) in [6, 6.07) is 1.22. The second-order valence-corrected chi connectivity index (χ2v) is 8.14. The second-order valence-electron chi connectivity index (χ2n) is 8.14. The molecule has 4 heterocycles. The van der Waals surface area contributed by atoms with Gasteiger partial charge in [0.25, 0.3) is 11.8 Å². The van der Waals surface area contributed by atoms with Crippen LogP contribution in [-0.4, -0.2) is 44.7 Å². The number of amides is 2. The summed E-state index contributed by atoms with van der Waals surface area (Å²) >= 11 is 0. The molecule has 2 amide bonds. The van der Waals surface area contributed by atoms with Gasteiger partial charge in [-0.3, -0.25) is 14.5 Å².